The predicted octanol–water partition coefficient (Wildman–Crippen LogP) is 7.57. The molecule has 2 aliphatic rings. The number of thiazole rings is 1. The van der Waals surface area contributed by atoms with E-state index in [1.54, 1.807) is 6.07 Å². The Balaban J connectivity index is 1.40. The second-order valence-electron chi connectivity index (χ2n) is 9.69. The van der Waals surface area contributed by atoms with Crippen molar-refractivity contribution in [3.8, 4) is 0 Å². The van der Waals surface area contributed by atoms with Crippen LogP contribution in [0.4, 0.5) is 27.9 Å². The molecule has 9 heteroatoms. The average Bonchev–Trinajstić information content (AvgIpc) is 3.28. The van der Waals surface area contributed by atoms with Crippen LogP contribution in [0.15, 0.2) is 58.8 Å². The number of nitrogens with zero attached hydrogens (tertiary/aromatic N) is 6. The fourth-order valence-corrected chi connectivity index (χ4v) is 6.54. The van der Waals surface area contributed by atoms with Gasteiger partial charge in [0, 0.05) is 48.4 Å². The lowest BCUT2D eigenvalue weighted by molar-refractivity contribution is -0.384. The lowest BCUT2D eigenvalue weighted by Crippen LogP contribution is -2.62. The molecule has 1 spiro atoms. The number of anilines is 2. The summed E-state index contributed by atoms with van der Waals surface area (Å²) in [4.78, 5) is 20.1. The van der Waals surface area contributed by atoms with E-state index in [2.05, 4.69) is 70.3 Å². The van der Waals surface area contributed by atoms with E-state index in [0.717, 1.165) is 34.5 Å². The Morgan fingerprint density at radius 3 is 2.54 bits per heavy atom. The lowest BCUT2D eigenvalue weighted by atomic mass is 9.79. The van der Waals surface area contributed by atoms with Crippen molar-refractivity contribution in [2.75, 3.05) is 23.9 Å². The summed E-state index contributed by atoms with van der Waals surface area (Å²) in [6.07, 6.45) is 4.76. The van der Waals surface area contributed by atoms with Crippen LogP contribution in [0.3, 0.4) is 0 Å². The van der Waals surface area contributed by atoms with Crippen molar-refractivity contribution in [2.24, 2.45) is 16.1 Å². The molecule has 0 unspecified atom stereocenters. The summed E-state index contributed by atoms with van der Waals surface area (Å²) in [7, 11) is 4.44. The number of aromatic nitrogens is 1. The molecular weight excluding hydrogens is 460 g/mol. The van der Waals surface area contributed by atoms with Crippen molar-refractivity contribution in [2.45, 2.75) is 38.3 Å². The summed E-state index contributed by atoms with van der Waals surface area (Å²) in [5.74, 6) is 0.774. The van der Waals surface area contributed by atoms with Crippen LogP contribution in [0.1, 0.15) is 32.6 Å². The second kappa shape index (κ2) is 7.98. The first-order valence-electron chi connectivity index (χ1n) is 11.9. The molecule has 0 radical (unpaired) electrons. The van der Waals surface area contributed by atoms with Crippen LogP contribution >= 0.6 is 11.3 Å². The number of azo groups is 1. The summed E-state index contributed by atoms with van der Waals surface area (Å²) < 4.78 is 0.723. The van der Waals surface area contributed by atoms with E-state index in [0.29, 0.717) is 10.6 Å². The molecule has 178 valence electrons. The second-order valence-corrected chi connectivity index (χ2v) is 10.7. The molecule has 0 bridgehead atoms. The zero-order chi connectivity index (χ0) is 24.3. The van der Waals surface area contributed by atoms with Gasteiger partial charge in [-0.05, 0) is 55.9 Å². The SMILES string of the molecule is CC1CCC2(CC1)N(C)c1cccc3c(N=Nc4nc5ccc([N+](=O)[O-])cc5s4)ccc(c13)N2C. The minimum absolute atomic E-state index is 0.000431. The van der Waals surface area contributed by atoms with E-state index in [1.807, 2.05) is 6.07 Å². The number of non-ortho nitro benzene ring substituents is 1. The molecule has 1 saturated carbocycles. The quantitative estimate of drug-likeness (QED) is 0.169. The molecule has 6 rings (SSSR count). The molecule has 1 fully saturated rings. The van der Waals surface area contributed by atoms with Crippen LogP contribution in [0.5, 0.6) is 0 Å². The molecule has 4 aromatic rings. The van der Waals surface area contributed by atoms with Gasteiger partial charge in [0.05, 0.1) is 20.8 Å². The summed E-state index contributed by atoms with van der Waals surface area (Å²) in [5, 5.41) is 22.8. The van der Waals surface area contributed by atoms with Gasteiger partial charge in [0.1, 0.15) is 5.66 Å². The van der Waals surface area contributed by atoms with Crippen LogP contribution in [0.2, 0.25) is 0 Å². The van der Waals surface area contributed by atoms with E-state index in [9.17, 15) is 10.1 Å². The molecular formula is C26H26N6O2S. The van der Waals surface area contributed by atoms with Gasteiger partial charge < -0.3 is 9.80 Å². The van der Waals surface area contributed by atoms with Crippen LogP contribution in [-0.2, 0) is 0 Å². The Hall–Kier alpha value is -3.59. The number of fused-ring (bicyclic) bond motifs is 1. The zero-order valence-electron chi connectivity index (χ0n) is 19.9. The highest BCUT2D eigenvalue weighted by Gasteiger charge is 2.45. The normalized spacial score (nSPS) is 22.1. The van der Waals surface area contributed by atoms with E-state index in [4.69, 9.17) is 0 Å². The van der Waals surface area contributed by atoms with Crippen molar-refractivity contribution in [3.05, 3.63) is 58.6 Å². The van der Waals surface area contributed by atoms with E-state index >= 15 is 0 Å². The van der Waals surface area contributed by atoms with Gasteiger partial charge in [-0.1, -0.05) is 30.4 Å². The van der Waals surface area contributed by atoms with Crippen LogP contribution in [0, 0.1) is 16.0 Å². The maximum atomic E-state index is 11.1. The van der Waals surface area contributed by atoms with Crippen molar-refractivity contribution < 1.29 is 4.92 Å². The molecule has 8 nitrogen and oxygen atoms in total. The van der Waals surface area contributed by atoms with Gasteiger partial charge in [-0.15, -0.1) is 10.2 Å². The van der Waals surface area contributed by atoms with E-state index < -0.39 is 4.92 Å². The smallest absolute Gasteiger partial charge is 0.270 e. The van der Waals surface area contributed by atoms with Crippen LogP contribution in [0.25, 0.3) is 21.0 Å². The topological polar surface area (TPSA) is 87.2 Å². The first kappa shape index (κ1) is 21.9. The van der Waals surface area contributed by atoms with E-state index in [-0.39, 0.29) is 11.4 Å². The van der Waals surface area contributed by atoms with Gasteiger partial charge in [0.15, 0.2) is 0 Å². The maximum Gasteiger partial charge on any atom is 0.270 e. The Bertz CT molecular complexity index is 1490. The highest BCUT2D eigenvalue weighted by molar-refractivity contribution is 7.21. The fraction of sp³-hybridized carbons (Fsp3) is 0.346. The molecule has 1 aromatic heterocycles. The summed E-state index contributed by atoms with van der Waals surface area (Å²) >= 11 is 1.30. The number of hydrogen-bond acceptors (Lipinski definition) is 8. The van der Waals surface area contributed by atoms with Crippen molar-refractivity contribution in [3.63, 3.8) is 0 Å². The molecule has 3 aromatic carbocycles. The van der Waals surface area contributed by atoms with Gasteiger partial charge in [-0.2, -0.15) is 0 Å². The highest BCUT2D eigenvalue weighted by atomic mass is 32.1. The van der Waals surface area contributed by atoms with Gasteiger partial charge in [-0.25, -0.2) is 4.98 Å². The molecule has 0 N–H and O–H groups in total. The minimum Gasteiger partial charge on any atom is -0.351 e. The van der Waals surface area contributed by atoms with Crippen molar-refractivity contribution in [1.82, 2.24) is 4.98 Å². The third-order valence-electron chi connectivity index (χ3n) is 7.83. The molecule has 1 aliphatic carbocycles. The first-order valence-corrected chi connectivity index (χ1v) is 12.7. The zero-order valence-corrected chi connectivity index (χ0v) is 20.7. The largest absolute Gasteiger partial charge is 0.351 e. The summed E-state index contributed by atoms with van der Waals surface area (Å²) in [6, 6.07) is 15.2. The lowest BCUT2D eigenvalue weighted by Gasteiger charge is -2.56. The van der Waals surface area contributed by atoms with Gasteiger partial charge in [-0.3, -0.25) is 10.1 Å². The summed E-state index contributed by atoms with van der Waals surface area (Å²) in [6.45, 7) is 2.36. The maximum absolute atomic E-state index is 11.1. The molecule has 35 heavy (non-hydrogen) atoms. The predicted molar refractivity (Wildman–Crippen MR) is 142 cm³/mol. The van der Waals surface area contributed by atoms with Crippen LogP contribution in [-0.4, -0.2) is 29.7 Å². The van der Waals surface area contributed by atoms with Gasteiger partial charge in [0.2, 0.25) is 5.13 Å². The molecule has 0 atom stereocenters. The monoisotopic (exact) mass is 486 g/mol. The highest BCUT2D eigenvalue weighted by Crippen LogP contribution is 2.51. The van der Waals surface area contributed by atoms with E-state index in [1.165, 1.54) is 53.1 Å². The Labute approximate surface area is 207 Å². The number of rotatable bonds is 3. The number of benzene rings is 3. The number of nitro benzene ring substituents is 1. The summed E-state index contributed by atoms with van der Waals surface area (Å²) in [5.41, 5.74) is 3.98. The molecule has 0 saturated heterocycles. The third-order valence-corrected chi connectivity index (χ3v) is 8.74. The van der Waals surface area contributed by atoms with Gasteiger partial charge in [0.25, 0.3) is 5.69 Å². The average molecular weight is 487 g/mol. The fourth-order valence-electron chi connectivity index (χ4n) is 5.72. The van der Waals surface area contributed by atoms with Gasteiger partial charge >= 0.3 is 0 Å². The number of nitro groups is 1. The molecule has 2 heterocycles. The Kier molecular flexibility index (Phi) is 5.00. The standard InChI is InChI=1S/C26H26N6O2S/c1-16-11-13-26(14-12-16)30(2)21-6-4-5-18-19(9-10-22(24(18)21)31(26)3)28-29-25-27-20-8-7-17(32(33)34)15-23(20)35-25/h4-10,15-16H,11-14H2,1-3H3. The number of hydrogen-bond donors (Lipinski definition) is 0. The van der Waals surface area contributed by atoms with Crippen molar-refractivity contribution >= 4 is 60.2 Å². The Morgan fingerprint density at radius 1 is 1.06 bits per heavy atom. The van der Waals surface area contributed by atoms with Crippen molar-refractivity contribution in [1.29, 1.82) is 0 Å². The Morgan fingerprint density at radius 2 is 1.80 bits per heavy atom. The minimum atomic E-state index is -0.401. The third kappa shape index (κ3) is 3.36. The molecule has 1 aliphatic heterocycles. The first-order chi connectivity index (χ1) is 16.9. The van der Waals surface area contributed by atoms with Crippen LogP contribution < -0.4 is 9.80 Å². The molecule has 0 amide bonds.